The third kappa shape index (κ3) is 7.80. The van der Waals surface area contributed by atoms with Crippen LogP contribution in [0.25, 0.3) is 0 Å². The average Bonchev–Trinajstić information content (AvgIpc) is 2.98. The van der Waals surface area contributed by atoms with Crippen molar-refractivity contribution in [1.29, 1.82) is 0 Å². The Bertz CT molecular complexity index is 562. The Morgan fingerprint density at radius 1 is 1.26 bits per heavy atom. The van der Waals surface area contributed by atoms with Crippen LogP contribution in [0, 0.1) is 0 Å². The monoisotopic (exact) mass is 368 g/mol. The van der Waals surface area contributed by atoms with Gasteiger partial charge in [-0.05, 0) is 19.0 Å². The van der Waals surface area contributed by atoms with Gasteiger partial charge in [0, 0.05) is 32.9 Å². The van der Waals surface area contributed by atoms with Crippen molar-refractivity contribution in [2.24, 2.45) is 0 Å². The van der Waals surface area contributed by atoms with E-state index in [-0.39, 0.29) is 42.1 Å². The summed E-state index contributed by atoms with van der Waals surface area (Å²) in [5, 5.41) is 5.86. The zero-order valence-corrected chi connectivity index (χ0v) is 15.0. The van der Waals surface area contributed by atoms with Crippen LogP contribution in [0.1, 0.15) is 23.8 Å². The van der Waals surface area contributed by atoms with E-state index in [1.54, 1.807) is 0 Å². The van der Waals surface area contributed by atoms with E-state index in [1.807, 2.05) is 0 Å². The molecule has 0 aliphatic heterocycles. The summed E-state index contributed by atoms with van der Waals surface area (Å²) in [6.45, 7) is 4.56. The number of ether oxygens (including phenoxy) is 1. The largest absolute Gasteiger partial charge is 0.383 e. The maximum absolute atomic E-state index is 11.9. The topological polar surface area (TPSA) is 112 Å². The van der Waals surface area contributed by atoms with Gasteiger partial charge in [0.15, 0.2) is 0 Å². The maximum atomic E-state index is 11.9. The van der Waals surface area contributed by atoms with E-state index in [2.05, 4.69) is 27.3 Å². The lowest BCUT2D eigenvalue weighted by molar-refractivity contribution is 0.0949. The van der Waals surface area contributed by atoms with Crippen molar-refractivity contribution in [2.75, 3.05) is 39.9 Å². The van der Waals surface area contributed by atoms with Crippen LogP contribution in [-0.4, -0.2) is 59.2 Å². The molecule has 0 saturated carbocycles. The second-order valence-electron chi connectivity index (χ2n) is 4.65. The Morgan fingerprint density at radius 2 is 2.00 bits per heavy atom. The van der Waals surface area contributed by atoms with Gasteiger partial charge in [-0.2, -0.15) is 0 Å². The van der Waals surface area contributed by atoms with Gasteiger partial charge in [-0.15, -0.1) is 12.4 Å². The first-order valence-electron chi connectivity index (χ1n) is 7.17. The molecular formula is C13H25ClN4O4S. The van der Waals surface area contributed by atoms with Crippen LogP contribution in [0.5, 0.6) is 0 Å². The highest BCUT2D eigenvalue weighted by atomic mass is 35.5. The number of H-pyrrole nitrogens is 1. The van der Waals surface area contributed by atoms with E-state index in [0.29, 0.717) is 13.1 Å². The fourth-order valence-corrected chi connectivity index (χ4v) is 2.69. The fraction of sp³-hybridized carbons (Fsp3) is 0.615. The van der Waals surface area contributed by atoms with E-state index in [4.69, 9.17) is 4.74 Å². The molecule has 1 rings (SSSR count). The molecule has 1 aromatic rings. The molecule has 0 spiro atoms. The van der Waals surface area contributed by atoms with Crippen LogP contribution in [0.4, 0.5) is 0 Å². The van der Waals surface area contributed by atoms with Gasteiger partial charge < -0.3 is 20.4 Å². The summed E-state index contributed by atoms with van der Waals surface area (Å²) in [4.78, 5) is 14.6. The Hall–Kier alpha value is -1.13. The van der Waals surface area contributed by atoms with Gasteiger partial charge in [0.1, 0.15) is 10.6 Å². The van der Waals surface area contributed by atoms with E-state index in [1.165, 1.54) is 19.4 Å². The van der Waals surface area contributed by atoms with Crippen molar-refractivity contribution in [2.45, 2.75) is 18.2 Å². The van der Waals surface area contributed by atoms with Crippen molar-refractivity contribution in [3.63, 3.8) is 0 Å². The van der Waals surface area contributed by atoms with Crippen molar-refractivity contribution in [1.82, 2.24) is 20.3 Å². The van der Waals surface area contributed by atoms with Crippen LogP contribution in [-0.2, 0) is 14.8 Å². The third-order valence-corrected chi connectivity index (χ3v) is 4.26. The van der Waals surface area contributed by atoms with Gasteiger partial charge >= 0.3 is 0 Å². The Labute approximate surface area is 143 Å². The molecular weight excluding hydrogens is 344 g/mol. The Morgan fingerprint density at radius 3 is 2.65 bits per heavy atom. The minimum absolute atomic E-state index is 0. The molecule has 10 heteroatoms. The molecule has 1 heterocycles. The molecule has 1 amide bonds. The molecule has 0 bridgehead atoms. The highest BCUT2D eigenvalue weighted by Gasteiger charge is 2.17. The summed E-state index contributed by atoms with van der Waals surface area (Å²) < 4.78 is 31.1. The predicted molar refractivity (Wildman–Crippen MR) is 90.6 cm³/mol. The molecule has 0 aliphatic rings. The summed E-state index contributed by atoms with van der Waals surface area (Å²) in [7, 11) is -2.14. The molecule has 0 atom stereocenters. The predicted octanol–water partition coefficient (Wildman–Crippen LogP) is 0.0906. The first-order chi connectivity index (χ1) is 10.5. The number of sulfonamides is 1. The maximum Gasteiger partial charge on any atom is 0.267 e. The number of rotatable bonds is 11. The van der Waals surface area contributed by atoms with Gasteiger partial charge in [-0.3, -0.25) is 4.79 Å². The first kappa shape index (κ1) is 21.9. The smallest absolute Gasteiger partial charge is 0.267 e. The second kappa shape index (κ2) is 11.4. The van der Waals surface area contributed by atoms with Gasteiger partial charge in [0.25, 0.3) is 5.91 Å². The molecule has 134 valence electrons. The number of nitrogens with one attached hydrogen (secondary N) is 4. The van der Waals surface area contributed by atoms with Crippen molar-refractivity contribution in [3.8, 4) is 0 Å². The average molecular weight is 369 g/mol. The summed E-state index contributed by atoms with van der Waals surface area (Å²) >= 11 is 0. The van der Waals surface area contributed by atoms with Crippen LogP contribution in [0.15, 0.2) is 17.2 Å². The fourth-order valence-electron chi connectivity index (χ4n) is 1.68. The normalized spacial score (nSPS) is 11.0. The van der Waals surface area contributed by atoms with E-state index >= 15 is 0 Å². The Balaban J connectivity index is 0.00000484. The van der Waals surface area contributed by atoms with Crippen molar-refractivity contribution in [3.05, 3.63) is 18.0 Å². The summed E-state index contributed by atoms with van der Waals surface area (Å²) in [5.74, 6) is -0.336. The van der Waals surface area contributed by atoms with Crippen LogP contribution in [0.2, 0.25) is 0 Å². The van der Waals surface area contributed by atoms with Crippen molar-refractivity contribution < 1.29 is 17.9 Å². The number of methoxy groups -OCH3 is 1. The molecule has 0 saturated heterocycles. The minimum Gasteiger partial charge on any atom is -0.383 e. The number of amides is 1. The standard InChI is InChI=1S/C13H24N4O4S.ClH/c1-3-4-14-5-6-15-13(18)12-9-11(10-16-12)22(19,20)17-7-8-21-2;/h9-10,14,16-17H,3-8H2,1-2H3,(H,15,18);1H. The van der Waals surface area contributed by atoms with Gasteiger partial charge in [0.2, 0.25) is 10.0 Å². The highest BCUT2D eigenvalue weighted by molar-refractivity contribution is 7.89. The lowest BCUT2D eigenvalue weighted by Crippen LogP contribution is -2.32. The van der Waals surface area contributed by atoms with Crippen LogP contribution < -0.4 is 15.4 Å². The number of hydrogen-bond donors (Lipinski definition) is 4. The third-order valence-electron chi connectivity index (χ3n) is 2.82. The molecule has 0 aromatic carbocycles. The molecule has 0 fully saturated rings. The number of aromatic nitrogens is 1. The molecule has 1 aromatic heterocycles. The van der Waals surface area contributed by atoms with Crippen LogP contribution in [0.3, 0.4) is 0 Å². The van der Waals surface area contributed by atoms with Gasteiger partial charge in [-0.25, -0.2) is 13.1 Å². The van der Waals surface area contributed by atoms with Crippen molar-refractivity contribution >= 4 is 28.3 Å². The summed E-state index contributed by atoms with van der Waals surface area (Å²) in [6.07, 6.45) is 2.32. The van der Waals surface area contributed by atoms with Gasteiger partial charge in [0.05, 0.1) is 6.61 Å². The summed E-state index contributed by atoms with van der Waals surface area (Å²) in [5.41, 5.74) is 0.211. The lowest BCUT2D eigenvalue weighted by Gasteiger charge is -2.05. The number of halogens is 1. The molecule has 0 radical (unpaired) electrons. The zero-order valence-electron chi connectivity index (χ0n) is 13.3. The number of carbonyl (C=O) groups is 1. The molecule has 0 aliphatic carbocycles. The minimum atomic E-state index is -3.63. The molecule has 23 heavy (non-hydrogen) atoms. The number of hydrogen-bond acceptors (Lipinski definition) is 5. The molecule has 0 unspecified atom stereocenters. The molecule has 4 N–H and O–H groups in total. The van der Waals surface area contributed by atoms with E-state index in [9.17, 15) is 13.2 Å². The first-order valence-corrected chi connectivity index (χ1v) is 8.65. The molecule has 8 nitrogen and oxygen atoms in total. The van der Waals surface area contributed by atoms with Gasteiger partial charge in [-0.1, -0.05) is 6.92 Å². The second-order valence-corrected chi connectivity index (χ2v) is 6.41. The number of carbonyl (C=O) groups excluding carboxylic acids is 1. The quantitative estimate of drug-likeness (QED) is 0.413. The number of aromatic amines is 1. The van der Waals surface area contributed by atoms with E-state index < -0.39 is 10.0 Å². The highest BCUT2D eigenvalue weighted by Crippen LogP contribution is 2.10. The lowest BCUT2D eigenvalue weighted by atomic mass is 10.4. The zero-order chi connectivity index (χ0) is 16.4. The van der Waals surface area contributed by atoms with E-state index in [0.717, 1.165) is 13.0 Å². The van der Waals surface area contributed by atoms with Crippen LogP contribution >= 0.6 is 12.4 Å². The Kier molecular flexibility index (Phi) is 10.9. The summed E-state index contributed by atoms with van der Waals surface area (Å²) in [6, 6.07) is 1.31. The SMILES string of the molecule is CCCNCCNC(=O)c1cc(S(=O)(=O)NCCOC)c[nH]1.Cl.